The van der Waals surface area contributed by atoms with Crippen molar-refractivity contribution in [2.24, 2.45) is 0 Å². The number of nitrogens with zero attached hydrogens (tertiary/aromatic N) is 1. The van der Waals surface area contributed by atoms with Gasteiger partial charge in [0.1, 0.15) is 11.5 Å². The molecule has 1 atom stereocenters. The van der Waals surface area contributed by atoms with Crippen molar-refractivity contribution in [1.82, 2.24) is 5.32 Å². The van der Waals surface area contributed by atoms with Gasteiger partial charge in [-0.1, -0.05) is 61.5 Å². The monoisotopic (exact) mass is 541 g/mol. The number of dihydropyridines is 1. The molecule has 1 aliphatic heterocycles. The Labute approximate surface area is 232 Å². The van der Waals surface area contributed by atoms with Crippen LogP contribution in [-0.2, 0) is 11.2 Å². The number of thioether (sulfide) groups is 1. The highest BCUT2D eigenvalue weighted by Gasteiger charge is 2.36. The normalized spacial score (nSPS) is 15.0. The van der Waals surface area contributed by atoms with Crippen LogP contribution in [0.15, 0.2) is 93.2 Å². The number of nitrogens with one attached hydrogen (secondary N) is 2. The zero-order valence-corrected chi connectivity index (χ0v) is 23.1. The molecule has 0 fully saturated rings. The van der Waals surface area contributed by atoms with Gasteiger partial charge in [-0.25, -0.2) is 0 Å². The Bertz CT molecular complexity index is 1430. The van der Waals surface area contributed by atoms with Crippen molar-refractivity contribution in [3.8, 4) is 11.8 Å². The summed E-state index contributed by atoms with van der Waals surface area (Å²) < 4.78 is 11.1. The number of hydrogen-bond acceptors (Lipinski definition) is 7. The van der Waals surface area contributed by atoms with Gasteiger partial charge in [-0.15, -0.1) is 0 Å². The zero-order chi connectivity index (χ0) is 27.8. The van der Waals surface area contributed by atoms with Crippen molar-refractivity contribution < 1.29 is 18.7 Å². The van der Waals surface area contributed by atoms with Crippen LogP contribution in [0.25, 0.3) is 0 Å². The Kier molecular flexibility index (Phi) is 9.29. The molecule has 39 heavy (non-hydrogen) atoms. The van der Waals surface area contributed by atoms with E-state index in [2.05, 4.69) is 23.6 Å². The number of benzene rings is 2. The number of methoxy groups -OCH3 is 1. The van der Waals surface area contributed by atoms with E-state index in [1.165, 1.54) is 30.7 Å². The molecular weight excluding hydrogens is 510 g/mol. The third-order valence-electron chi connectivity index (χ3n) is 6.52. The van der Waals surface area contributed by atoms with Gasteiger partial charge in [-0.3, -0.25) is 9.59 Å². The largest absolute Gasteiger partial charge is 0.495 e. The van der Waals surface area contributed by atoms with Crippen molar-refractivity contribution in [1.29, 1.82) is 5.26 Å². The van der Waals surface area contributed by atoms with Gasteiger partial charge in [0.15, 0.2) is 5.78 Å². The number of anilines is 1. The number of para-hydroxylation sites is 2. The molecule has 0 aliphatic carbocycles. The molecule has 8 heteroatoms. The van der Waals surface area contributed by atoms with Crippen molar-refractivity contribution in [3.05, 3.63) is 106 Å². The first-order chi connectivity index (χ1) is 19.0. The first-order valence-electron chi connectivity index (χ1n) is 12.8. The van der Waals surface area contributed by atoms with E-state index in [0.717, 1.165) is 19.3 Å². The van der Waals surface area contributed by atoms with E-state index in [1.807, 2.05) is 30.3 Å². The lowest BCUT2D eigenvalue weighted by molar-refractivity contribution is -0.113. The summed E-state index contributed by atoms with van der Waals surface area (Å²) in [7, 11) is 1.53. The summed E-state index contributed by atoms with van der Waals surface area (Å²) in [6, 6.07) is 20.6. The van der Waals surface area contributed by atoms with Gasteiger partial charge in [0, 0.05) is 11.3 Å². The summed E-state index contributed by atoms with van der Waals surface area (Å²) in [5, 5.41) is 16.8. The third-order valence-corrected chi connectivity index (χ3v) is 7.53. The van der Waals surface area contributed by atoms with Crippen LogP contribution in [-0.4, -0.2) is 24.6 Å². The molecule has 2 N–H and O–H groups in total. The minimum atomic E-state index is -0.739. The van der Waals surface area contributed by atoms with Crippen LogP contribution in [0.1, 0.15) is 54.3 Å². The molecule has 200 valence electrons. The predicted molar refractivity (Wildman–Crippen MR) is 153 cm³/mol. The molecule has 0 saturated heterocycles. The lowest BCUT2D eigenvalue weighted by Gasteiger charge is -2.28. The van der Waals surface area contributed by atoms with Crippen LogP contribution < -0.4 is 15.4 Å². The van der Waals surface area contributed by atoms with E-state index in [4.69, 9.17) is 9.15 Å². The van der Waals surface area contributed by atoms with Crippen molar-refractivity contribution in [2.45, 2.75) is 39.0 Å². The highest BCUT2D eigenvalue weighted by molar-refractivity contribution is 8.03. The van der Waals surface area contributed by atoms with Crippen LogP contribution in [0.2, 0.25) is 0 Å². The molecule has 0 bridgehead atoms. The molecule has 2 aromatic carbocycles. The lowest BCUT2D eigenvalue weighted by Crippen LogP contribution is -2.30. The van der Waals surface area contributed by atoms with Crippen LogP contribution in [0, 0.1) is 11.3 Å². The Morgan fingerprint density at radius 1 is 1.13 bits per heavy atom. The Balaban J connectivity index is 1.58. The molecule has 1 amide bonds. The molecule has 7 nitrogen and oxygen atoms in total. The molecule has 1 aromatic heterocycles. The average Bonchev–Trinajstić information content (AvgIpc) is 3.49. The van der Waals surface area contributed by atoms with E-state index >= 15 is 0 Å². The van der Waals surface area contributed by atoms with Crippen LogP contribution in [0.3, 0.4) is 0 Å². The minimum absolute atomic E-state index is 0.0375. The smallest absolute Gasteiger partial charge is 0.254 e. The fraction of sp³-hybridized carbons (Fsp3) is 0.258. The number of aryl methyl sites for hydroxylation is 1. The maximum absolute atomic E-state index is 13.6. The number of carbonyl (C=O) groups excluding carboxylic acids is 2. The van der Waals surface area contributed by atoms with Crippen molar-refractivity contribution >= 4 is 29.1 Å². The summed E-state index contributed by atoms with van der Waals surface area (Å²) in [5.74, 6) is -0.0397. The second-order valence-corrected chi connectivity index (χ2v) is 10.1. The fourth-order valence-electron chi connectivity index (χ4n) is 4.46. The van der Waals surface area contributed by atoms with E-state index < -0.39 is 5.92 Å². The van der Waals surface area contributed by atoms with Gasteiger partial charge in [-0.05, 0) is 49.6 Å². The van der Waals surface area contributed by atoms with E-state index in [1.54, 1.807) is 37.3 Å². The Morgan fingerprint density at radius 3 is 2.56 bits per heavy atom. The van der Waals surface area contributed by atoms with Crippen LogP contribution in [0.4, 0.5) is 5.69 Å². The summed E-state index contributed by atoms with van der Waals surface area (Å²) >= 11 is 1.25. The lowest BCUT2D eigenvalue weighted by atomic mass is 9.85. The molecular formula is C31H31N3O4S. The van der Waals surface area contributed by atoms with Gasteiger partial charge < -0.3 is 19.8 Å². The number of carbonyl (C=O) groups is 2. The molecule has 4 rings (SSSR count). The molecule has 2 heterocycles. The maximum atomic E-state index is 13.6. The predicted octanol–water partition coefficient (Wildman–Crippen LogP) is 6.58. The number of amides is 1. The van der Waals surface area contributed by atoms with Gasteiger partial charge in [0.05, 0.1) is 53.0 Å². The minimum Gasteiger partial charge on any atom is -0.495 e. The molecule has 0 radical (unpaired) electrons. The second-order valence-electron chi connectivity index (χ2n) is 9.13. The Morgan fingerprint density at radius 2 is 1.90 bits per heavy atom. The number of Topliss-reactive ketones (excluding diaryl/α,β-unsaturated/α-hetero) is 1. The number of furan rings is 1. The van der Waals surface area contributed by atoms with E-state index in [0.29, 0.717) is 44.6 Å². The van der Waals surface area contributed by atoms with Gasteiger partial charge >= 0.3 is 0 Å². The highest BCUT2D eigenvalue weighted by atomic mass is 32.2. The number of rotatable bonds is 11. The van der Waals surface area contributed by atoms with Gasteiger partial charge in [0.25, 0.3) is 5.91 Å². The SMILES string of the molecule is CCCCc1ccc(C(=O)CSC2=C(C#N)C(c3ccco3)C(C(=O)Nc3ccccc3OC)=C(C)N2)cc1. The van der Waals surface area contributed by atoms with E-state index in [9.17, 15) is 14.9 Å². The van der Waals surface area contributed by atoms with Crippen molar-refractivity contribution in [3.63, 3.8) is 0 Å². The summed E-state index contributed by atoms with van der Waals surface area (Å²) in [5.41, 5.74) is 3.59. The second kappa shape index (κ2) is 13.0. The first-order valence-corrected chi connectivity index (χ1v) is 13.8. The number of ether oxygens (including phenoxy) is 1. The zero-order valence-electron chi connectivity index (χ0n) is 22.2. The molecule has 3 aromatic rings. The molecule has 0 spiro atoms. The first kappa shape index (κ1) is 27.8. The summed E-state index contributed by atoms with van der Waals surface area (Å²) in [4.78, 5) is 26.5. The number of nitriles is 1. The maximum Gasteiger partial charge on any atom is 0.254 e. The van der Waals surface area contributed by atoms with Gasteiger partial charge in [-0.2, -0.15) is 5.26 Å². The topological polar surface area (TPSA) is 104 Å². The number of unbranched alkanes of at least 4 members (excludes halogenated alkanes) is 1. The van der Waals surface area contributed by atoms with E-state index in [-0.39, 0.29) is 17.4 Å². The Hall–Kier alpha value is -4.22. The third kappa shape index (κ3) is 6.44. The molecule has 1 aliphatic rings. The highest BCUT2D eigenvalue weighted by Crippen LogP contribution is 2.41. The molecule has 0 saturated carbocycles. The summed E-state index contributed by atoms with van der Waals surface area (Å²) in [6.45, 7) is 3.93. The fourth-order valence-corrected chi connectivity index (χ4v) is 5.45. The number of allylic oxidation sites excluding steroid dienone is 2. The van der Waals surface area contributed by atoms with Crippen LogP contribution in [0.5, 0.6) is 5.75 Å². The quantitative estimate of drug-likeness (QED) is 0.264. The summed E-state index contributed by atoms with van der Waals surface area (Å²) in [6.07, 6.45) is 4.74. The van der Waals surface area contributed by atoms with Crippen LogP contribution >= 0.6 is 11.8 Å². The standard InChI is InChI=1S/C31H31N3O4S/c1-4-5-9-21-13-15-22(16-14-21)25(35)19-39-31-23(18-32)29(27-12-8-17-38-27)28(20(2)33-31)30(36)34-24-10-6-7-11-26(24)37-3/h6-8,10-17,29,33H,4-5,9,19H2,1-3H3,(H,34,36). The average molecular weight is 542 g/mol. The number of hydrogen-bond donors (Lipinski definition) is 2. The van der Waals surface area contributed by atoms with Gasteiger partial charge in [0.2, 0.25) is 0 Å². The number of ketones is 1. The van der Waals surface area contributed by atoms with Crippen molar-refractivity contribution in [2.75, 3.05) is 18.2 Å². The molecule has 1 unspecified atom stereocenters.